The second-order valence-electron chi connectivity index (χ2n) is 24.7. The van der Waals surface area contributed by atoms with Gasteiger partial charge in [-0.2, -0.15) is 0 Å². The lowest BCUT2D eigenvalue weighted by atomic mass is 9.47. The first-order chi connectivity index (χ1) is 27.2. The molecule has 57 heavy (non-hydrogen) atoms. The van der Waals surface area contributed by atoms with Crippen LogP contribution in [0.25, 0.3) is 49.2 Å². The first kappa shape index (κ1) is 31.5. The van der Waals surface area contributed by atoms with Crippen molar-refractivity contribution < 1.29 is 0 Å². The molecule has 288 valence electrons. The summed E-state index contributed by atoms with van der Waals surface area (Å²) in [6.07, 6.45) is 18.9. The molecule has 3 heteroatoms. The summed E-state index contributed by atoms with van der Waals surface area (Å²) in [4.78, 5) is 11.4. The van der Waals surface area contributed by atoms with Gasteiger partial charge in [-0.1, -0.05) is 73.6 Å². The molecule has 6 saturated carbocycles. The van der Waals surface area contributed by atoms with E-state index in [2.05, 4.69) is 90.4 Å². The van der Waals surface area contributed by atoms with Crippen LogP contribution in [0.5, 0.6) is 0 Å². The first-order valence-electron chi connectivity index (χ1n) is 23.5. The van der Waals surface area contributed by atoms with Crippen LogP contribution >= 0.6 is 0 Å². The number of hydrogen-bond donors (Lipinski definition) is 0. The number of nitrogens with zero attached hydrogens (tertiary/aromatic N) is 3. The lowest BCUT2D eigenvalue weighted by molar-refractivity contribution is 0.00321. The second kappa shape index (κ2) is 8.58. The minimum atomic E-state index is -0.0990. The SMILES string of the molecule is CC1(C)c2cccc3c2-c2c(c4c5c6c(ncc5n5c7cnc8c(c7c(c2C(C)(C)C3(C)C)c45)C2CC3CC4CC8CC43C2)C2CC3CC4CC6CC34C2)C1(C)C. The van der Waals surface area contributed by atoms with E-state index in [1.54, 1.807) is 66.1 Å². The molecule has 6 aromatic rings. The van der Waals surface area contributed by atoms with E-state index in [1.807, 2.05) is 0 Å². The largest absolute Gasteiger partial charge is 0.305 e. The third kappa shape index (κ3) is 2.81. The summed E-state index contributed by atoms with van der Waals surface area (Å²) >= 11 is 0. The van der Waals surface area contributed by atoms with Crippen LogP contribution in [0.2, 0.25) is 0 Å². The summed E-state index contributed by atoms with van der Waals surface area (Å²) in [7, 11) is 0. The topological polar surface area (TPSA) is 30.2 Å². The Bertz CT molecular complexity index is 2810. The third-order valence-corrected chi connectivity index (χ3v) is 22.7. The number of benzene rings is 2. The summed E-state index contributed by atoms with van der Waals surface area (Å²) in [6, 6.07) is 7.45. The molecule has 10 unspecified atom stereocenters. The number of hydrogen-bond acceptors (Lipinski definition) is 2. The Morgan fingerprint density at radius 2 is 0.912 bits per heavy atom. The van der Waals surface area contributed by atoms with E-state index >= 15 is 0 Å². The van der Waals surface area contributed by atoms with Crippen molar-refractivity contribution in [2.45, 2.75) is 165 Å². The zero-order chi connectivity index (χ0) is 38.0. The number of fused-ring (bicyclic) bond motifs is 20. The summed E-state index contributed by atoms with van der Waals surface area (Å²) < 4.78 is 2.80. The predicted molar refractivity (Wildman–Crippen MR) is 230 cm³/mol. The zero-order valence-electron chi connectivity index (χ0n) is 35.4. The molecule has 4 aromatic heterocycles. The Balaban J connectivity index is 1.18. The Hall–Kier alpha value is -3.46. The maximum absolute atomic E-state index is 5.72. The maximum atomic E-state index is 5.72. The minimum absolute atomic E-state index is 0.0531. The molecule has 0 saturated heterocycles. The molecular weight excluding hydrogens is 691 g/mol. The van der Waals surface area contributed by atoms with Crippen molar-refractivity contribution >= 4 is 38.1 Å². The fraction of sp³-hybridized carbons (Fsp3) is 0.593. The molecule has 6 fully saturated rings. The fourth-order valence-corrected chi connectivity index (χ4v) is 19.1. The van der Waals surface area contributed by atoms with Crippen molar-refractivity contribution in [2.75, 3.05) is 0 Å². The second-order valence-corrected chi connectivity index (χ2v) is 24.7. The molecule has 0 amide bonds. The summed E-state index contributed by atoms with van der Waals surface area (Å²) in [5.41, 5.74) is 21.3. The predicted octanol–water partition coefficient (Wildman–Crippen LogP) is 13.2. The first-order valence-corrected chi connectivity index (χ1v) is 23.5. The van der Waals surface area contributed by atoms with Gasteiger partial charge in [0.25, 0.3) is 0 Å². The van der Waals surface area contributed by atoms with Crippen LogP contribution in [0.15, 0.2) is 30.6 Å². The van der Waals surface area contributed by atoms with Crippen LogP contribution in [0.3, 0.4) is 0 Å². The average Bonchev–Trinajstić information content (AvgIpc) is 3.95. The Labute approximate surface area is 337 Å². The van der Waals surface area contributed by atoms with E-state index < -0.39 is 0 Å². The van der Waals surface area contributed by atoms with Gasteiger partial charge in [-0.3, -0.25) is 9.97 Å². The highest BCUT2D eigenvalue weighted by Gasteiger charge is 2.68. The molecule has 2 spiro atoms. The molecule has 4 heterocycles. The van der Waals surface area contributed by atoms with Gasteiger partial charge >= 0.3 is 0 Å². The molecule has 3 nitrogen and oxygen atoms in total. The van der Waals surface area contributed by atoms with Gasteiger partial charge in [0.1, 0.15) is 0 Å². The zero-order valence-corrected chi connectivity index (χ0v) is 35.4. The minimum Gasteiger partial charge on any atom is -0.305 e. The standard InChI is InChI=1S/C54H57N3/c1-49(2)32-10-9-11-33-38(32)41-44(51(49,5)6)42-39-34(22-55-46-26-14-30-16-28-12-24(36(39)46)18-53(28,30)20-26)57-35-23-56-47-27-15-31-17-29-13-25(19-54(29,31)21-27)37(47)40(35)43(48(42)57)45(41)52(7,8)50(33,3)4/h9-11,22-31H,12-21H2,1-8H3. The average molecular weight is 748 g/mol. The highest BCUT2D eigenvalue weighted by molar-refractivity contribution is 6.29. The molecular formula is C54H57N3. The highest BCUT2D eigenvalue weighted by Crippen LogP contribution is 2.78. The van der Waals surface area contributed by atoms with E-state index in [0.717, 1.165) is 23.7 Å². The van der Waals surface area contributed by atoms with E-state index in [1.165, 1.54) is 92.1 Å². The van der Waals surface area contributed by atoms with Gasteiger partial charge < -0.3 is 4.40 Å². The number of aromatic nitrogens is 3. The molecule has 16 rings (SSSR count). The van der Waals surface area contributed by atoms with E-state index in [-0.39, 0.29) is 21.7 Å². The lowest BCUT2D eigenvalue weighted by Gasteiger charge is -2.56. The Morgan fingerprint density at radius 1 is 0.491 bits per heavy atom. The number of pyridine rings is 2. The van der Waals surface area contributed by atoms with E-state index in [4.69, 9.17) is 9.97 Å². The van der Waals surface area contributed by atoms with Gasteiger partial charge in [0.15, 0.2) is 0 Å². The Morgan fingerprint density at radius 3 is 1.37 bits per heavy atom. The highest BCUT2D eigenvalue weighted by atomic mass is 15.0. The Kier molecular flexibility index (Phi) is 4.74. The normalized spacial score (nSPS) is 39.9. The van der Waals surface area contributed by atoms with Crippen molar-refractivity contribution in [1.82, 2.24) is 14.4 Å². The summed E-state index contributed by atoms with van der Waals surface area (Å²) in [6.45, 7) is 20.9. The van der Waals surface area contributed by atoms with Gasteiger partial charge in [-0.15, -0.1) is 0 Å². The molecule has 10 aliphatic carbocycles. The van der Waals surface area contributed by atoms with Crippen LogP contribution in [0, 0.1) is 34.5 Å². The smallest absolute Gasteiger partial charge is 0.0728 e. The van der Waals surface area contributed by atoms with Crippen molar-refractivity contribution in [1.29, 1.82) is 0 Å². The number of rotatable bonds is 0. The molecule has 2 aromatic carbocycles. The van der Waals surface area contributed by atoms with Crippen LogP contribution in [0.1, 0.15) is 188 Å². The summed E-state index contributed by atoms with van der Waals surface area (Å²) in [5.74, 6) is 6.33. The van der Waals surface area contributed by atoms with Gasteiger partial charge in [-0.05, 0) is 166 Å². The molecule has 10 aliphatic rings. The fourth-order valence-electron chi connectivity index (χ4n) is 19.1. The van der Waals surface area contributed by atoms with Crippen molar-refractivity contribution in [3.8, 4) is 11.1 Å². The van der Waals surface area contributed by atoms with Crippen molar-refractivity contribution in [3.63, 3.8) is 0 Å². The third-order valence-electron chi connectivity index (χ3n) is 22.7. The van der Waals surface area contributed by atoms with Gasteiger partial charge in [0, 0.05) is 55.6 Å². The van der Waals surface area contributed by atoms with Crippen LogP contribution in [-0.4, -0.2) is 14.4 Å². The van der Waals surface area contributed by atoms with Crippen molar-refractivity contribution in [3.05, 3.63) is 75.4 Å². The molecule has 10 atom stereocenters. The molecule has 0 aliphatic heterocycles. The lowest BCUT2D eigenvalue weighted by Crippen LogP contribution is -2.50. The monoisotopic (exact) mass is 747 g/mol. The van der Waals surface area contributed by atoms with Crippen LogP contribution in [0.4, 0.5) is 0 Å². The van der Waals surface area contributed by atoms with Crippen LogP contribution < -0.4 is 0 Å². The van der Waals surface area contributed by atoms with Gasteiger partial charge in [-0.25, -0.2) is 0 Å². The maximum Gasteiger partial charge on any atom is 0.0728 e. The quantitative estimate of drug-likeness (QED) is 0.155. The van der Waals surface area contributed by atoms with Gasteiger partial charge in [0.05, 0.1) is 28.9 Å². The van der Waals surface area contributed by atoms with Gasteiger partial charge in [0.2, 0.25) is 0 Å². The summed E-state index contributed by atoms with van der Waals surface area (Å²) in [5, 5.41) is 6.44. The molecule has 0 N–H and O–H groups in total. The van der Waals surface area contributed by atoms with E-state index in [0.29, 0.717) is 34.5 Å². The van der Waals surface area contributed by atoms with Crippen molar-refractivity contribution in [2.24, 2.45) is 34.5 Å². The molecule has 6 bridgehead atoms. The van der Waals surface area contributed by atoms with Crippen LogP contribution in [-0.2, 0) is 21.7 Å². The van der Waals surface area contributed by atoms with E-state index in [9.17, 15) is 0 Å². The molecule has 0 radical (unpaired) electrons.